The Morgan fingerprint density at radius 2 is 1.07 bits per heavy atom. The molecule has 0 spiro atoms. The zero-order chi connectivity index (χ0) is 19.0. The lowest BCUT2D eigenvalue weighted by molar-refractivity contribution is -0.134. The van der Waals surface area contributed by atoms with Crippen LogP contribution in [0.1, 0.15) is 6.42 Å². The molecule has 0 unspecified atom stereocenters. The summed E-state index contributed by atoms with van der Waals surface area (Å²) in [6.45, 7) is 0. The lowest BCUT2D eigenvalue weighted by atomic mass is 10.3. The number of hydrogen-bond donors (Lipinski definition) is 0. The van der Waals surface area contributed by atoms with Gasteiger partial charge in [-0.3, -0.25) is 4.79 Å². The van der Waals surface area contributed by atoms with Gasteiger partial charge in [-0.2, -0.15) is 0 Å². The Labute approximate surface area is 158 Å². The highest BCUT2D eigenvalue weighted by Crippen LogP contribution is 2.49. The monoisotopic (exact) mass is 382 g/mol. The maximum Gasteiger partial charge on any atom is 0.431 e. The van der Waals surface area contributed by atoms with Crippen LogP contribution in [0, 0.1) is 0 Å². The van der Waals surface area contributed by atoms with Gasteiger partial charge < -0.3 is 13.8 Å². The molecule has 5 nitrogen and oxygen atoms in total. The second-order valence-corrected chi connectivity index (χ2v) is 7.71. The number of benzene rings is 3. The van der Waals surface area contributed by atoms with Crippen LogP contribution in [0.5, 0.6) is 17.2 Å². The summed E-state index contributed by atoms with van der Waals surface area (Å²) in [7, 11) is -3.62. The Hall–Kier alpha value is -3.04. The largest absolute Gasteiger partial charge is 0.431 e. The van der Waals surface area contributed by atoms with Gasteiger partial charge in [0.1, 0.15) is 17.2 Å². The fourth-order valence-corrected chi connectivity index (χ4v) is 3.86. The second kappa shape index (κ2) is 9.06. The van der Waals surface area contributed by atoms with Crippen molar-refractivity contribution in [1.82, 2.24) is 0 Å². The highest BCUT2D eigenvalue weighted by atomic mass is 31.2. The molecule has 3 rings (SSSR count). The molecule has 6 heteroatoms. The molecule has 0 heterocycles. The van der Waals surface area contributed by atoms with Crippen LogP contribution in [-0.2, 0) is 9.36 Å². The predicted octanol–water partition coefficient (Wildman–Crippen LogP) is 5.33. The summed E-state index contributed by atoms with van der Waals surface area (Å²) in [6.07, 6.45) is -0.214. The lowest BCUT2D eigenvalue weighted by Crippen LogP contribution is -2.13. The van der Waals surface area contributed by atoms with Crippen molar-refractivity contribution in [3.05, 3.63) is 91.0 Å². The predicted molar refractivity (Wildman–Crippen MR) is 103 cm³/mol. The van der Waals surface area contributed by atoms with Gasteiger partial charge in [-0.25, -0.2) is 4.57 Å². The molecular formula is C21H19O5P. The molecule has 0 fully saturated rings. The summed E-state index contributed by atoms with van der Waals surface area (Å²) in [6, 6.07) is 26.2. The first-order valence-electron chi connectivity index (χ1n) is 8.47. The number of rotatable bonds is 8. The third-order valence-corrected chi connectivity index (χ3v) is 5.29. The Bertz CT molecular complexity index is 852. The van der Waals surface area contributed by atoms with Gasteiger partial charge in [0, 0.05) is 0 Å². The number of carbonyl (C=O) groups excluding carboxylic acids is 1. The van der Waals surface area contributed by atoms with E-state index in [2.05, 4.69) is 0 Å². The number of esters is 1. The molecule has 0 aliphatic heterocycles. The van der Waals surface area contributed by atoms with Crippen molar-refractivity contribution in [2.45, 2.75) is 6.42 Å². The average Bonchev–Trinajstić information content (AvgIpc) is 2.69. The molecular weight excluding hydrogens is 363 g/mol. The zero-order valence-corrected chi connectivity index (χ0v) is 15.5. The van der Waals surface area contributed by atoms with Gasteiger partial charge in [0.25, 0.3) is 0 Å². The summed E-state index contributed by atoms with van der Waals surface area (Å²) in [5.41, 5.74) is 0. The molecule has 138 valence electrons. The summed E-state index contributed by atoms with van der Waals surface area (Å²) in [5.74, 6) is 0.751. The highest BCUT2D eigenvalue weighted by Gasteiger charge is 2.29. The average molecular weight is 382 g/mol. The second-order valence-electron chi connectivity index (χ2n) is 5.68. The minimum atomic E-state index is -3.62. The first kappa shape index (κ1) is 18.7. The van der Waals surface area contributed by atoms with Crippen molar-refractivity contribution in [1.29, 1.82) is 0 Å². The van der Waals surface area contributed by atoms with Crippen LogP contribution in [0.25, 0.3) is 0 Å². The van der Waals surface area contributed by atoms with Gasteiger partial charge in [-0.15, -0.1) is 0 Å². The summed E-state index contributed by atoms with van der Waals surface area (Å²) in [4.78, 5) is 12.1. The van der Waals surface area contributed by atoms with Crippen LogP contribution < -0.4 is 13.8 Å². The van der Waals surface area contributed by atoms with Gasteiger partial charge in [0.05, 0.1) is 12.6 Å². The van der Waals surface area contributed by atoms with E-state index in [4.69, 9.17) is 13.8 Å². The first-order chi connectivity index (χ1) is 13.1. The number of carbonyl (C=O) groups is 1. The van der Waals surface area contributed by atoms with E-state index in [0.717, 1.165) is 0 Å². The minimum absolute atomic E-state index is 0.105. The van der Waals surface area contributed by atoms with Crippen molar-refractivity contribution < 1.29 is 23.1 Å². The van der Waals surface area contributed by atoms with Crippen LogP contribution >= 0.6 is 7.60 Å². The number of hydrogen-bond acceptors (Lipinski definition) is 5. The maximum absolute atomic E-state index is 13.3. The van der Waals surface area contributed by atoms with E-state index in [1.54, 1.807) is 72.8 Å². The maximum atomic E-state index is 13.3. The van der Waals surface area contributed by atoms with E-state index in [1.165, 1.54) is 0 Å². The fraction of sp³-hybridized carbons (Fsp3) is 0.0952. The van der Waals surface area contributed by atoms with E-state index in [-0.39, 0.29) is 12.6 Å². The van der Waals surface area contributed by atoms with Crippen molar-refractivity contribution in [3.63, 3.8) is 0 Å². The minimum Gasteiger partial charge on any atom is -0.427 e. The standard InChI is InChI=1S/C21H19O5P/c22-21(24-18-10-4-1-5-11-18)16-17-27(23,25-19-12-6-2-7-13-19)26-20-14-8-3-9-15-20/h1-15H,16-17H2. The molecule has 0 aliphatic carbocycles. The van der Waals surface area contributed by atoms with Gasteiger partial charge >= 0.3 is 13.6 Å². The lowest BCUT2D eigenvalue weighted by Gasteiger charge is -2.19. The van der Waals surface area contributed by atoms with E-state index in [0.29, 0.717) is 17.2 Å². The third-order valence-electron chi connectivity index (χ3n) is 3.54. The highest BCUT2D eigenvalue weighted by molar-refractivity contribution is 7.54. The molecule has 0 saturated carbocycles. The Balaban J connectivity index is 1.69. The quantitative estimate of drug-likeness (QED) is 0.299. The molecule has 0 radical (unpaired) electrons. The third kappa shape index (κ3) is 6.01. The molecule has 3 aromatic rings. The van der Waals surface area contributed by atoms with E-state index < -0.39 is 13.6 Å². The van der Waals surface area contributed by atoms with Gasteiger partial charge in [0.15, 0.2) is 0 Å². The van der Waals surface area contributed by atoms with E-state index in [1.807, 2.05) is 18.2 Å². The smallest absolute Gasteiger partial charge is 0.427 e. The summed E-state index contributed by atoms with van der Waals surface area (Å²) < 4.78 is 29.8. The van der Waals surface area contributed by atoms with Crippen LogP contribution in [-0.4, -0.2) is 12.1 Å². The van der Waals surface area contributed by atoms with E-state index in [9.17, 15) is 9.36 Å². The molecule has 27 heavy (non-hydrogen) atoms. The van der Waals surface area contributed by atoms with Crippen LogP contribution in [0.15, 0.2) is 91.0 Å². The van der Waals surface area contributed by atoms with Gasteiger partial charge in [-0.05, 0) is 36.4 Å². The van der Waals surface area contributed by atoms with Gasteiger partial charge in [-0.1, -0.05) is 54.6 Å². The van der Waals surface area contributed by atoms with Gasteiger partial charge in [0.2, 0.25) is 0 Å². The number of para-hydroxylation sites is 3. The summed E-state index contributed by atoms with van der Waals surface area (Å²) >= 11 is 0. The van der Waals surface area contributed by atoms with Crippen molar-refractivity contribution >= 4 is 13.6 Å². The normalized spacial score (nSPS) is 10.8. The van der Waals surface area contributed by atoms with Crippen LogP contribution in [0.3, 0.4) is 0 Å². The fourth-order valence-electron chi connectivity index (χ4n) is 2.29. The van der Waals surface area contributed by atoms with Crippen LogP contribution in [0.4, 0.5) is 0 Å². The van der Waals surface area contributed by atoms with E-state index >= 15 is 0 Å². The molecule has 0 aromatic heterocycles. The molecule has 0 amide bonds. The molecule has 3 aromatic carbocycles. The number of ether oxygens (including phenoxy) is 1. The SMILES string of the molecule is O=C(CCP(=O)(Oc1ccccc1)Oc1ccccc1)Oc1ccccc1. The molecule has 0 bridgehead atoms. The first-order valence-corrected chi connectivity index (χ1v) is 10.2. The van der Waals surface area contributed by atoms with Crippen LogP contribution in [0.2, 0.25) is 0 Å². The topological polar surface area (TPSA) is 61.8 Å². The van der Waals surface area contributed by atoms with Crippen molar-refractivity contribution in [2.75, 3.05) is 6.16 Å². The Kier molecular flexibility index (Phi) is 6.29. The Morgan fingerprint density at radius 3 is 1.52 bits per heavy atom. The molecule has 0 saturated heterocycles. The molecule has 0 atom stereocenters. The summed E-state index contributed by atoms with van der Waals surface area (Å²) in [5, 5.41) is 0. The zero-order valence-electron chi connectivity index (χ0n) is 14.6. The molecule has 0 aliphatic rings. The van der Waals surface area contributed by atoms with Crippen molar-refractivity contribution in [3.8, 4) is 17.2 Å². The molecule has 0 N–H and O–H groups in total. The Morgan fingerprint density at radius 1 is 0.667 bits per heavy atom. The van der Waals surface area contributed by atoms with Crippen molar-refractivity contribution in [2.24, 2.45) is 0 Å².